The molecule has 18 heavy (non-hydrogen) atoms. The molecule has 1 nitrogen and oxygen atoms in total. The lowest BCUT2D eigenvalue weighted by Crippen LogP contribution is -1.87. The first-order chi connectivity index (χ1) is 8.51. The van der Waals surface area contributed by atoms with Crippen LogP contribution in [-0.2, 0) is 0 Å². The third-order valence-corrected chi connectivity index (χ3v) is 0.398. The molecular formula is C16H38FN. The Morgan fingerprint density at radius 2 is 1.06 bits per heavy atom. The predicted molar refractivity (Wildman–Crippen MR) is 89.7 cm³/mol. The largest absolute Gasteiger partial charge is 0.331 e. The van der Waals surface area contributed by atoms with E-state index >= 15 is 0 Å². The van der Waals surface area contributed by atoms with Crippen molar-refractivity contribution in [2.45, 2.75) is 62.3 Å². The zero-order valence-electron chi connectivity index (χ0n) is 14.3. The maximum atomic E-state index is 11.3. The van der Waals surface area contributed by atoms with Crippen LogP contribution in [-0.4, -0.2) is 6.54 Å². The minimum Gasteiger partial charge on any atom is -0.331 e. The van der Waals surface area contributed by atoms with Gasteiger partial charge in [-0.25, -0.2) is 4.39 Å². The Balaban J connectivity index is -0.0000000250. The molecule has 0 aliphatic rings. The third kappa shape index (κ3) is 2440. The maximum absolute atomic E-state index is 11.3. The quantitative estimate of drug-likeness (QED) is 0.511. The lowest BCUT2D eigenvalue weighted by molar-refractivity contribution is 0.638. The van der Waals surface area contributed by atoms with Crippen LogP contribution in [0.3, 0.4) is 0 Å². The van der Waals surface area contributed by atoms with Crippen molar-refractivity contribution in [3.05, 3.63) is 37.2 Å². The molecule has 0 aliphatic heterocycles. The van der Waals surface area contributed by atoms with E-state index in [9.17, 15) is 4.39 Å². The van der Waals surface area contributed by atoms with Gasteiger partial charge in [0.15, 0.2) is 0 Å². The van der Waals surface area contributed by atoms with Gasteiger partial charge in [-0.1, -0.05) is 52.8 Å². The van der Waals surface area contributed by atoms with Gasteiger partial charge in [-0.2, -0.15) is 0 Å². The van der Waals surface area contributed by atoms with Gasteiger partial charge in [0.1, 0.15) is 0 Å². The molecule has 0 fully saturated rings. The van der Waals surface area contributed by atoms with Gasteiger partial charge in [0, 0.05) is 0 Å². The van der Waals surface area contributed by atoms with Gasteiger partial charge >= 0.3 is 0 Å². The Kier molecular flexibility index (Phi) is 197. The Morgan fingerprint density at radius 1 is 1.00 bits per heavy atom. The van der Waals surface area contributed by atoms with Gasteiger partial charge in [0.25, 0.3) is 0 Å². The second kappa shape index (κ2) is 98.5. The van der Waals surface area contributed by atoms with Crippen molar-refractivity contribution in [1.82, 2.24) is 0 Å². The molecule has 0 radical (unpaired) electrons. The molecule has 0 spiro atoms. The minimum absolute atomic E-state index is 0.120. The summed E-state index contributed by atoms with van der Waals surface area (Å²) in [6.45, 7) is 24.2. The van der Waals surface area contributed by atoms with E-state index in [1.165, 1.54) is 13.0 Å². The molecule has 0 rings (SSSR count). The molecule has 0 saturated heterocycles. The summed E-state index contributed by atoms with van der Waals surface area (Å²) in [5.41, 5.74) is 4.85. The summed E-state index contributed by atoms with van der Waals surface area (Å²) >= 11 is 0. The van der Waals surface area contributed by atoms with Gasteiger partial charge in [0.05, 0.1) is 5.83 Å². The summed E-state index contributed by atoms with van der Waals surface area (Å²) in [6, 6.07) is 0. The van der Waals surface area contributed by atoms with Crippen LogP contribution in [0.15, 0.2) is 37.2 Å². The average molecular weight is 263 g/mol. The van der Waals surface area contributed by atoms with E-state index in [-0.39, 0.29) is 5.83 Å². The maximum Gasteiger partial charge on any atom is 0.0926 e. The highest BCUT2D eigenvalue weighted by Gasteiger charge is 1.67. The van der Waals surface area contributed by atoms with E-state index < -0.39 is 0 Å². The molecule has 0 aromatic rings. The van der Waals surface area contributed by atoms with Crippen LogP contribution >= 0.6 is 0 Å². The van der Waals surface area contributed by atoms with Crippen LogP contribution in [0.25, 0.3) is 0 Å². The summed E-state index contributed by atoms with van der Waals surface area (Å²) < 4.78 is 11.3. The second-order valence-electron chi connectivity index (χ2n) is 2.10. The van der Waals surface area contributed by atoms with Crippen molar-refractivity contribution in [1.29, 1.82) is 0 Å². The molecule has 114 valence electrons. The van der Waals surface area contributed by atoms with Crippen LogP contribution in [0.1, 0.15) is 62.3 Å². The molecule has 2 heteroatoms. The van der Waals surface area contributed by atoms with Crippen molar-refractivity contribution in [2.75, 3.05) is 6.54 Å². The molecule has 0 unspecified atom stereocenters. The summed E-state index contributed by atoms with van der Waals surface area (Å²) in [4.78, 5) is 0. The summed E-state index contributed by atoms with van der Waals surface area (Å²) in [5, 5.41) is 0. The number of allylic oxidation sites excluding steroid dienone is 4. The highest BCUT2D eigenvalue weighted by molar-refractivity contribution is 4.80. The Bertz CT molecular complexity index is 108. The molecular weight excluding hydrogens is 225 g/mol. The molecule has 0 heterocycles. The van der Waals surface area contributed by atoms with E-state index in [0.29, 0.717) is 0 Å². The Morgan fingerprint density at radius 3 is 1.06 bits per heavy atom. The lowest BCUT2D eigenvalue weighted by Gasteiger charge is -1.68. The van der Waals surface area contributed by atoms with E-state index in [1.54, 1.807) is 19.1 Å². The smallest absolute Gasteiger partial charge is 0.0926 e. The van der Waals surface area contributed by atoms with Crippen LogP contribution in [0.4, 0.5) is 4.39 Å². The van der Waals surface area contributed by atoms with Gasteiger partial charge in [-0.05, 0) is 34.2 Å². The van der Waals surface area contributed by atoms with Gasteiger partial charge < -0.3 is 5.73 Å². The molecule has 0 bridgehead atoms. The summed E-state index contributed by atoms with van der Waals surface area (Å²) in [6.07, 6.45) is 4.92. The van der Waals surface area contributed by atoms with E-state index in [1.807, 2.05) is 48.5 Å². The monoisotopic (exact) mass is 263 g/mol. The Labute approximate surface area is 117 Å². The van der Waals surface area contributed by atoms with Crippen molar-refractivity contribution in [3.8, 4) is 0 Å². The fourth-order valence-corrected chi connectivity index (χ4v) is 0. The van der Waals surface area contributed by atoms with E-state index in [2.05, 4.69) is 13.2 Å². The number of hydrogen-bond acceptors (Lipinski definition) is 1. The fourth-order valence-electron chi connectivity index (χ4n) is 0. The van der Waals surface area contributed by atoms with Gasteiger partial charge in [-0.15, -0.1) is 13.2 Å². The number of hydrogen-bond donors (Lipinski definition) is 1. The predicted octanol–water partition coefficient (Wildman–Crippen LogP) is 6.28. The first kappa shape index (κ1) is 36.0. The first-order valence-corrected chi connectivity index (χ1v) is 6.64. The zero-order valence-corrected chi connectivity index (χ0v) is 14.3. The molecule has 0 amide bonds. The molecule has 0 aromatic heterocycles. The Hall–Kier alpha value is -0.890. The third-order valence-electron chi connectivity index (χ3n) is 0.398. The van der Waals surface area contributed by atoms with Crippen LogP contribution in [0, 0.1) is 0 Å². The number of nitrogens with two attached hydrogens (primary N) is 1. The van der Waals surface area contributed by atoms with Crippen molar-refractivity contribution >= 4 is 0 Å². The van der Waals surface area contributed by atoms with Gasteiger partial charge in [-0.3, -0.25) is 0 Å². The molecule has 0 aliphatic carbocycles. The van der Waals surface area contributed by atoms with Crippen molar-refractivity contribution in [2.24, 2.45) is 5.73 Å². The standard InChI is InChI=1S/C4H7F.2C3H6.C2H7N.2C2H6/c1-3-4(2)5;2*1-3-2;1-2-3;2*1-2/h3H,1-2H3;2*3H,1H2,2H3;2-3H2,1H3;2*1-2H3/b4-3-;;;;;. The first-order valence-electron chi connectivity index (χ1n) is 6.64. The fraction of sp³-hybridized carbons (Fsp3) is 0.625. The van der Waals surface area contributed by atoms with Crippen LogP contribution in [0.5, 0.6) is 0 Å². The molecule has 0 atom stereocenters. The number of rotatable bonds is 0. The van der Waals surface area contributed by atoms with Crippen molar-refractivity contribution < 1.29 is 4.39 Å². The van der Waals surface area contributed by atoms with Gasteiger partial charge in [0.2, 0.25) is 0 Å². The van der Waals surface area contributed by atoms with E-state index in [4.69, 9.17) is 5.73 Å². The number of halogens is 1. The minimum atomic E-state index is -0.120. The molecule has 0 saturated carbocycles. The molecule has 2 N–H and O–H groups in total. The molecule has 0 aromatic carbocycles. The summed E-state index contributed by atoms with van der Waals surface area (Å²) in [7, 11) is 0. The SMILES string of the molecule is C/C=C(/C)F.C=CC.C=CC.CC.CC.CCN. The van der Waals surface area contributed by atoms with E-state index in [0.717, 1.165) is 6.54 Å². The average Bonchev–Trinajstić information content (AvgIpc) is 2.37. The van der Waals surface area contributed by atoms with Crippen LogP contribution in [0.2, 0.25) is 0 Å². The highest BCUT2D eigenvalue weighted by atomic mass is 19.1. The zero-order chi connectivity index (χ0) is 16.4. The van der Waals surface area contributed by atoms with Crippen molar-refractivity contribution in [3.63, 3.8) is 0 Å². The highest BCUT2D eigenvalue weighted by Crippen LogP contribution is 1.87. The lowest BCUT2D eigenvalue weighted by atomic mass is 10.6. The van der Waals surface area contributed by atoms with Crippen LogP contribution < -0.4 is 5.73 Å². The summed E-state index contributed by atoms with van der Waals surface area (Å²) in [5.74, 6) is -0.120. The topological polar surface area (TPSA) is 26.0 Å². The normalized spacial score (nSPS) is 6.50. The second-order valence-corrected chi connectivity index (χ2v) is 2.10.